The Labute approximate surface area is 174 Å². The Hall–Kier alpha value is -3.62. The van der Waals surface area contributed by atoms with E-state index >= 15 is 0 Å². The minimum Gasteiger partial charge on any atom is -0.497 e. The van der Waals surface area contributed by atoms with Gasteiger partial charge in [-0.25, -0.2) is 4.68 Å². The molecule has 2 heterocycles. The highest BCUT2D eigenvalue weighted by Crippen LogP contribution is 2.18. The highest BCUT2D eigenvalue weighted by molar-refractivity contribution is 6.02. The maximum atomic E-state index is 12.5. The van der Waals surface area contributed by atoms with Crippen LogP contribution in [0.25, 0.3) is 5.69 Å². The van der Waals surface area contributed by atoms with Crippen LogP contribution in [0.15, 0.2) is 48.9 Å². The van der Waals surface area contributed by atoms with E-state index in [-0.39, 0.29) is 30.1 Å². The first kappa shape index (κ1) is 19.7. The van der Waals surface area contributed by atoms with Crippen molar-refractivity contribution in [2.75, 3.05) is 12.4 Å². The van der Waals surface area contributed by atoms with Crippen LogP contribution in [0.4, 0.5) is 5.69 Å². The molecule has 2 aromatic heterocycles. The standard InChI is InChI=1S/C21H24N6O3/c1-30-18-8-6-17(7-9-18)27-11-10-19(25-27)21(29)24-16-12-22-26(13-16)14-20(28)23-15-4-2-3-5-15/h6-13,15H,2-5,14H2,1H3,(H,23,28)(H,24,29). The topological polar surface area (TPSA) is 103 Å². The number of anilines is 1. The van der Waals surface area contributed by atoms with Gasteiger partial charge in [0.15, 0.2) is 5.69 Å². The summed E-state index contributed by atoms with van der Waals surface area (Å²) in [4.78, 5) is 24.6. The van der Waals surface area contributed by atoms with Gasteiger partial charge >= 0.3 is 0 Å². The normalized spacial score (nSPS) is 13.9. The zero-order valence-electron chi connectivity index (χ0n) is 16.7. The molecule has 9 heteroatoms. The van der Waals surface area contributed by atoms with Crippen LogP contribution in [-0.2, 0) is 11.3 Å². The molecular weight excluding hydrogens is 384 g/mol. The summed E-state index contributed by atoms with van der Waals surface area (Å²) in [6.45, 7) is 0.123. The molecule has 1 aliphatic rings. The lowest BCUT2D eigenvalue weighted by atomic mass is 10.2. The van der Waals surface area contributed by atoms with E-state index < -0.39 is 0 Å². The van der Waals surface area contributed by atoms with Gasteiger partial charge in [0, 0.05) is 18.4 Å². The summed E-state index contributed by atoms with van der Waals surface area (Å²) >= 11 is 0. The number of aromatic nitrogens is 4. The number of carbonyl (C=O) groups excluding carboxylic acids is 2. The lowest BCUT2D eigenvalue weighted by Gasteiger charge is -2.11. The van der Waals surface area contributed by atoms with Crippen LogP contribution < -0.4 is 15.4 Å². The third-order valence-corrected chi connectivity index (χ3v) is 5.08. The Morgan fingerprint density at radius 3 is 2.67 bits per heavy atom. The van der Waals surface area contributed by atoms with Crippen molar-refractivity contribution >= 4 is 17.5 Å². The van der Waals surface area contributed by atoms with Crippen LogP contribution >= 0.6 is 0 Å². The highest BCUT2D eigenvalue weighted by Gasteiger charge is 2.17. The fraction of sp³-hybridized carbons (Fsp3) is 0.333. The molecule has 1 aliphatic carbocycles. The van der Waals surface area contributed by atoms with Gasteiger partial charge in [-0.2, -0.15) is 10.2 Å². The van der Waals surface area contributed by atoms with E-state index in [0.29, 0.717) is 5.69 Å². The highest BCUT2D eigenvalue weighted by atomic mass is 16.5. The van der Waals surface area contributed by atoms with Gasteiger partial charge in [0.2, 0.25) is 5.91 Å². The van der Waals surface area contributed by atoms with E-state index in [9.17, 15) is 9.59 Å². The minimum absolute atomic E-state index is 0.0684. The van der Waals surface area contributed by atoms with Crippen LogP contribution in [0.1, 0.15) is 36.2 Å². The van der Waals surface area contributed by atoms with E-state index in [0.717, 1.165) is 37.1 Å². The van der Waals surface area contributed by atoms with Crippen molar-refractivity contribution in [3.8, 4) is 11.4 Å². The van der Waals surface area contributed by atoms with Gasteiger partial charge in [0.1, 0.15) is 12.3 Å². The zero-order chi connectivity index (χ0) is 20.9. The summed E-state index contributed by atoms with van der Waals surface area (Å²) in [7, 11) is 1.61. The van der Waals surface area contributed by atoms with Crippen molar-refractivity contribution in [1.82, 2.24) is 24.9 Å². The Kier molecular flexibility index (Phi) is 5.78. The summed E-state index contributed by atoms with van der Waals surface area (Å²) in [6.07, 6.45) is 9.26. The van der Waals surface area contributed by atoms with E-state index in [4.69, 9.17) is 4.74 Å². The lowest BCUT2D eigenvalue weighted by molar-refractivity contribution is -0.122. The number of rotatable bonds is 7. The summed E-state index contributed by atoms with van der Waals surface area (Å²) in [5, 5.41) is 14.2. The molecule has 0 unspecified atom stereocenters. The van der Waals surface area contributed by atoms with Gasteiger partial charge < -0.3 is 15.4 Å². The molecule has 30 heavy (non-hydrogen) atoms. The number of amides is 2. The van der Waals surface area contributed by atoms with Crippen LogP contribution in [0.3, 0.4) is 0 Å². The summed E-state index contributed by atoms with van der Waals surface area (Å²) < 4.78 is 8.27. The first-order valence-corrected chi connectivity index (χ1v) is 9.94. The Balaban J connectivity index is 1.34. The van der Waals surface area contributed by atoms with Crippen molar-refractivity contribution < 1.29 is 14.3 Å². The first-order valence-electron chi connectivity index (χ1n) is 9.94. The Morgan fingerprint density at radius 1 is 1.17 bits per heavy atom. The quantitative estimate of drug-likeness (QED) is 0.625. The molecule has 2 N–H and O–H groups in total. The molecule has 0 bridgehead atoms. The van der Waals surface area contributed by atoms with Crippen molar-refractivity contribution in [2.24, 2.45) is 0 Å². The van der Waals surface area contributed by atoms with Crippen LogP contribution in [0, 0.1) is 0 Å². The molecule has 4 rings (SSSR count). The second-order valence-corrected chi connectivity index (χ2v) is 7.27. The van der Waals surface area contributed by atoms with Crippen molar-refractivity contribution in [1.29, 1.82) is 0 Å². The molecule has 0 aliphatic heterocycles. The lowest BCUT2D eigenvalue weighted by Crippen LogP contribution is -2.35. The van der Waals surface area contributed by atoms with Crippen LogP contribution in [0.5, 0.6) is 5.75 Å². The predicted octanol–water partition coefficient (Wildman–Crippen LogP) is 2.39. The predicted molar refractivity (Wildman–Crippen MR) is 111 cm³/mol. The Bertz CT molecular complexity index is 1020. The molecule has 0 spiro atoms. The number of hydrogen-bond acceptors (Lipinski definition) is 5. The van der Waals surface area contributed by atoms with E-state index in [2.05, 4.69) is 20.8 Å². The molecule has 0 radical (unpaired) electrons. The van der Waals surface area contributed by atoms with Gasteiger partial charge in [0.05, 0.1) is 24.7 Å². The second kappa shape index (κ2) is 8.81. The monoisotopic (exact) mass is 408 g/mol. The second-order valence-electron chi connectivity index (χ2n) is 7.27. The third kappa shape index (κ3) is 4.68. The van der Waals surface area contributed by atoms with Gasteiger partial charge in [0.25, 0.3) is 5.91 Å². The van der Waals surface area contributed by atoms with Crippen molar-refractivity contribution in [3.63, 3.8) is 0 Å². The van der Waals surface area contributed by atoms with Crippen molar-refractivity contribution in [2.45, 2.75) is 38.3 Å². The number of benzene rings is 1. The fourth-order valence-electron chi connectivity index (χ4n) is 3.52. The molecule has 1 fully saturated rings. The van der Waals surface area contributed by atoms with Gasteiger partial charge in [-0.05, 0) is 43.2 Å². The van der Waals surface area contributed by atoms with Crippen molar-refractivity contribution in [3.05, 3.63) is 54.6 Å². The molecule has 3 aromatic rings. The summed E-state index contributed by atoms with van der Waals surface area (Å²) in [5.41, 5.74) is 1.60. The smallest absolute Gasteiger partial charge is 0.276 e. The van der Waals surface area contributed by atoms with E-state index in [1.165, 1.54) is 10.9 Å². The summed E-state index contributed by atoms with van der Waals surface area (Å²) in [6, 6.07) is 9.27. The van der Waals surface area contributed by atoms with Gasteiger partial charge in [-0.1, -0.05) is 12.8 Å². The number of nitrogens with zero attached hydrogens (tertiary/aromatic N) is 4. The van der Waals surface area contributed by atoms with Crippen LogP contribution in [0.2, 0.25) is 0 Å². The number of ether oxygens (including phenoxy) is 1. The first-order chi connectivity index (χ1) is 14.6. The maximum absolute atomic E-state index is 12.5. The maximum Gasteiger partial charge on any atom is 0.276 e. The number of carbonyl (C=O) groups is 2. The Morgan fingerprint density at radius 2 is 1.93 bits per heavy atom. The number of methoxy groups -OCH3 is 1. The van der Waals surface area contributed by atoms with E-state index in [1.807, 2.05) is 24.3 Å². The SMILES string of the molecule is COc1ccc(-n2ccc(C(=O)Nc3cnn(CC(=O)NC4CCCC4)c3)n2)cc1. The fourth-order valence-corrected chi connectivity index (χ4v) is 3.52. The third-order valence-electron chi connectivity index (χ3n) is 5.08. The molecular formula is C21H24N6O3. The minimum atomic E-state index is -0.350. The molecule has 1 aromatic carbocycles. The average molecular weight is 408 g/mol. The number of nitrogens with one attached hydrogen (secondary N) is 2. The number of hydrogen-bond donors (Lipinski definition) is 2. The molecule has 1 saturated carbocycles. The largest absolute Gasteiger partial charge is 0.497 e. The molecule has 0 atom stereocenters. The van der Waals surface area contributed by atoms with Crippen LogP contribution in [-0.4, -0.2) is 44.5 Å². The summed E-state index contributed by atoms with van der Waals surface area (Å²) in [5.74, 6) is 0.330. The molecule has 0 saturated heterocycles. The molecule has 2 amide bonds. The molecule has 156 valence electrons. The van der Waals surface area contributed by atoms with Gasteiger partial charge in [-0.3, -0.25) is 14.3 Å². The molecule has 9 nitrogen and oxygen atoms in total. The average Bonchev–Trinajstić information content (AvgIpc) is 3.50. The van der Waals surface area contributed by atoms with Gasteiger partial charge in [-0.15, -0.1) is 0 Å². The zero-order valence-corrected chi connectivity index (χ0v) is 16.7. The van der Waals surface area contributed by atoms with E-state index in [1.54, 1.807) is 30.3 Å².